The summed E-state index contributed by atoms with van der Waals surface area (Å²) in [5.74, 6) is 2.06. The Bertz CT molecular complexity index is 947. The third-order valence-electron chi connectivity index (χ3n) is 6.24. The van der Waals surface area contributed by atoms with Gasteiger partial charge in [0, 0.05) is 39.1 Å². The van der Waals surface area contributed by atoms with E-state index in [2.05, 4.69) is 74.1 Å². The molecule has 5 heteroatoms. The molecule has 3 heterocycles. The van der Waals surface area contributed by atoms with Crippen molar-refractivity contribution in [3.8, 4) is 0 Å². The molecule has 2 saturated heterocycles. The molecule has 27 heavy (non-hydrogen) atoms. The van der Waals surface area contributed by atoms with Crippen molar-refractivity contribution in [2.24, 2.45) is 7.05 Å². The standard InChI is InChI=1S/C22H27N5/c1-25-21(15-17-9-10-18-6-2-3-7-19(18)14-17)23-24-22(25)27-13-12-26-11-5-4-8-20(26)16-27/h2-3,6-7,9-10,14,20H,4-5,8,11-13,15-16H2,1H3. The molecule has 0 saturated carbocycles. The fraction of sp³-hybridized carbons (Fsp3) is 0.455. The molecule has 2 aliphatic heterocycles. The molecule has 5 rings (SSSR count). The summed E-state index contributed by atoms with van der Waals surface area (Å²) in [5.41, 5.74) is 1.29. The highest BCUT2D eigenvalue weighted by atomic mass is 15.4. The van der Waals surface area contributed by atoms with Crippen molar-refractivity contribution in [3.63, 3.8) is 0 Å². The molecule has 2 aliphatic rings. The lowest BCUT2D eigenvalue weighted by atomic mass is 10.00. The van der Waals surface area contributed by atoms with Gasteiger partial charge in [-0.1, -0.05) is 48.9 Å². The lowest BCUT2D eigenvalue weighted by Gasteiger charge is -2.44. The van der Waals surface area contributed by atoms with Crippen molar-refractivity contribution < 1.29 is 0 Å². The number of rotatable bonds is 3. The highest BCUT2D eigenvalue weighted by molar-refractivity contribution is 5.83. The van der Waals surface area contributed by atoms with Crippen LogP contribution in [0, 0.1) is 0 Å². The molecule has 1 aromatic heterocycles. The number of nitrogens with zero attached hydrogens (tertiary/aromatic N) is 5. The van der Waals surface area contributed by atoms with Gasteiger partial charge in [-0.25, -0.2) is 0 Å². The number of fused-ring (bicyclic) bond motifs is 2. The predicted molar refractivity (Wildman–Crippen MR) is 109 cm³/mol. The van der Waals surface area contributed by atoms with Gasteiger partial charge in [0.05, 0.1) is 0 Å². The topological polar surface area (TPSA) is 37.2 Å². The molecule has 0 aliphatic carbocycles. The average Bonchev–Trinajstić information content (AvgIpc) is 3.08. The zero-order valence-corrected chi connectivity index (χ0v) is 16.0. The minimum Gasteiger partial charge on any atom is -0.338 e. The number of piperidine rings is 1. The second kappa shape index (κ2) is 6.97. The third-order valence-corrected chi connectivity index (χ3v) is 6.24. The number of benzene rings is 2. The summed E-state index contributed by atoms with van der Waals surface area (Å²) < 4.78 is 2.19. The molecule has 0 radical (unpaired) electrons. The van der Waals surface area contributed by atoms with E-state index in [-0.39, 0.29) is 0 Å². The van der Waals surface area contributed by atoms with Gasteiger partial charge in [-0.05, 0) is 35.7 Å². The van der Waals surface area contributed by atoms with Crippen LogP contribution in [0.5, 0.6) is 0 Å². The minimum atomic E-state index is 0.688. The summed E-state index contributed by atoms with van der Waals surface area (Å²) in [6.45, 7) is 4.56. The van der Waals surface area contributed by atoms with Crippen LogP contribution in [0.15, 0.2) is 42.5 Å². The van der Waals surface area contributed by atoms with Gasteiger partial charge < -0.3 is 9.47 Å². The summed E-state index contributed by atoms with van der Waals surface area (Å²) in [5, 5.41) is 11.6. The average molecular weight is 361 g/mol. The van der Waals surface area contributed by atoms with Crippen molar-refractivity contribution in [1.82, 2.24) is 19.7 Å². The monoisotopic (exact) mass is 361 g/mol. The number of aromatic nitrogens is 3. The summed E-state index contributed by atoms with van der Waals surface area (Å²) in [4.78, 5) is 5.09. The van der Waals surface area contributed by atoms with Gasteiger partial charge in [-0.3, -0.25) is 4.90 Å². The molecule has 0 spiro atoms. The van der Waals surface area contributed by atoms with Gasteiger partial charge in [0.1, 0.15) is 5.82 Å². The zero-order valence-electron chi connectivity index (χ0n) is 16.0. The van der Waals surface area contributed by atoms with Crippen LogP contribution in [0.25, 0.3) is 10.8 Å². The Morgan fingerprint density at radius 3 is 2.78 bits per heavy atom. The number of hydrogen-bond acceptors (Lipinski definition) is 4. The van der Waals surface area contributed by atoms with E-state index in [0.29, 0.717) is 6.04 Å². The number of piperazine rings is 1. The first kappa shape index (κ1) is 16.8. The number of hydrogen-bond donors (Lipinski definition) is 0. The third kappa shape index (κ3) is 3.21. The molecule has 2 aromatic carbocycles. The molecule has 0 amide bonds. The van der Waals surface area contributed by atoms with Crippen molar-refractivity contribution in [2.75, 3.05) is 31.1 Å². The molecule has 0 bridgehead atoms. The van der Waals surface area contributed by atoms with Crippen LogP contribution in [-0.2, 0) is 13.5 Å². The second-order valence-corrected chi connectivity index (χ2v) is 7.97. The van der Waals surface area contributed by atoms with Crippen molar-refractivity contribution in [2.45, 2.75) is 31.7 Å². The van der Waals surface area contributed by atoms with Crippen LogP contribution in [0.3, 0.4) is 0 Å². The van der Waals surface area contributed by atoms with Crippen LogP contribution in [0.1, 0.15) is 30.7 Å². The van der Waals surface area contributed by atoms with Gasteiger partial charge in [0.2, 0.25) is 5.95 Å². The van der Waals surface area contributed by atoms with Crippen LogP contribution >= 0.6 is 0 Å². The summed E-state index contributed by atoms with van der Waals surface area (Å²) in [6.07, 6.45) is 4.85. The first-order valence-electron chi connectivity index (χ1n) is 10.1. The lowest BCUT2D eigenvalue weighted by molar-refractivity contribution is 0.132. The van der Waals surface area contributed by atoms with Crippen LogP contribution in [0.4, 0.5) is 5.95 Å². The fourth-order valence-electron chi connectivity index (χ4n) is 4.65. The summed E-state index contributed by atoms with van der Waals surface area (Å²) in [7, 11) is 2.11. The van der Waals surface area contributed by atoms with Crippen LogP contribution < -0.4 is 4.90 Å². The van der Waals surface area contributed by atoms with Crippen molar-refractivity contribution >= 4 is 16.7 Å². The molecule has 140 valence electrons. The highest BCUT2D eigenvalue weighted by Gasteiger charge is 2.30. The zero-order chi connectivity index (χ0) is 18.2. The quantitative estimate of drug-likeness (QED) is 0.718. The Kier molecular flexibility index (Phi) is 4.32. The van der Waals surface area contributed by atoms with Gasteiger partial charge in [-0.2, -0.15) is 0 Å². The first-order valence-corrected chi connectivity index (χ1v) is 10.1. The lowest BCUT2D eigenvalue weighted by Crippen LogP contribution is -2.55. The van der Waals surface area contributed by atoms with Gasteiger partial charge in [-0.15, -0.1) is 10.2 Å². The highest BCUT2D eigenvalue weighted by Crippen LogP contribution is 2.25. The normalized spacial score (nSPS) is 20.8. The van der Waals surface area contributed by atoms with Crippen LogP contribution in [0.2, 0.25) is 0 Å². The second-order valence-electron chi connectivity index (χ2n) is 7.97. The molecular weight excluding hydrogens is 334 g/mol. The van der Waals surface area contributed by atoms with Gasteiger partial charge in [0.25, 0.3) is 0 Å². The van der Waals surface area contributed by atoms with Crippen molar-refractivity contribution in [3.05, 3.63) is 53.9 Å². The van der Waals surface area contributed by atoms with Gasteiger partial charge >= 0.3 is 0 Å². The maximum Gasteiger partial charge on any atom is 0.227 e. The predicted octanol–water partition coefficient (Wildman–Crippen LogP) is 3.23. The SMILES string of the molecule is Cn1c(Cc2ccc3ccccc3c2)nnc1N1CCN2CCCCC2C1. The Balaban J connectivity index is 1.35. The Morgan fingerprint density at radius 2 is 1.85 bits per heavy atom. The van der Waals surface area contributed by atoms with Gasteiger partial charge in [0.15, 0.2) is 0 Å². The van der Waals surface area contributed by atoms with Crippen LogP contribution in [-0.4, -0.2) is 51.9 Å². The van der Waals surface area contributed by atoms with E-state index in [1.54, 1.807) is 0 Å². The minimum absolute atomic E-state index is 0.688. The molecule has 0 N–H and O–H groups in total. The Morgan fingerprint density at radius 1 is 0.963 bits per heavy atom. The Labute approximate surface area is 160 Å². The van der Waals surface area contributed by atoms with E-state index in [9.17, 15) is 0 Å². The van der Waals surface area contributed by atoms with E-state index in [1.165, 1.54) is 42.1 Å². The fourth-order valence-corrected chi connectivity index (χ4v) is 4.65. The maximum atomic E-state index is 4.56. The summed E-state index contributed by atoms with van der Waals surface area (Å²) >= 11 is 0. The largest absolute Gasteiger partial charge is 0.338 e. The molecule has 2 fully saturated rings. The van der Waals surface area contributed by atoms with E-state index < -0.39 is 0 Å². The molecule has 1 unspecified atom stereocenters. The molecule has 3 aromatic rings. The molecular formula is C22H27N5. The smallest absolute Gasteiger partial charge is 0.227 e. The maximum absolute atomic E-state index is 4.56. The molecule has 1 atom stereocenters. The van der Waals surface area contributed by atoms with E-state index in [1.807, 2.05) is 0 Å². The molecule has 5 nitrogen and oxygen atoms in total. The van der Waals surface area contributed by atoms with Crippen molar-refractivity contribution in [1.29, 1.82) is 0 Å². The first-order chi connectivity index (χ1) is 13.3. The van der Waals surface area contributed by atoms with E-state index >= 15 is 0 Å². The van der Waals surface area contributed by atoms with E-state index in [0.717, 1.165) is 37.8 Å². The summed E-state index contributed by atoms with van der Waals surface area (Å²) in [6, 6.07) is 15.9. The number of anilines is 1. The van der Waals surface area contributed by atoms with E-state index in [4.69, 9.17) is 0 Å². The Hall–Kier alpha value is -2.40.